The van der Waals surface area contributed by atoms with Crippen molar-refractivity contribution in [3.63, 3.8) is 0 Å². The van der Waals surface area contributed by atoms with E-state index < -0.39 is 5.60 Å². The molecule has 0 spiro atoms. The summed E-state index contributed by atoms with van der Waals surface area (Å²) < 4.78 is 5.43. The van der Waals surface area contributed by atoms with Crippen LogP contribution in [0.4, 0.5) is 4.79 Å². The quantitative estimate of drug-likeness (QED) is 0.907. The second kappa shape index (κ2) is 7.56. The predicted octanol–water partition coefficient (Wildman–Crippen LogP) is 4.06. The largest absolute Gasteiger partial charge is 0.444 e. The summed E-state index contributed by atoms with van der Waals surface area (Å²) in [6.45, 7) is 14.3. The minimum absolute atomic E-state index is 0.141. The maximum absolute atomic E-state index is 12.2. The highest BCUT2D eigenvalue weighted by molar-refractivity contribution is 5.68. The Morgan fingerprint density at radius 2 is 1.83 bits per heavy atom. The van der Waals surface area contributed by atoms with Gasteiger partial charge in [-0.2, -0.15) is 0 Å². The zero-order chi connectivity index (χ0) is 17.9. The number of nitrogens with one attached hydrogen (secondary N) is 1. The predicted molar refractivity (Wildman–Crippen MR) is 97.8 cm³/mol. The van der Waals surface area contributed by atoms with Crippen molar-refractivity contribution in [1.29, 1.82) is 0 Å². The molecule has 0 radical (unpaired) electrons. The van der Waals surface area contributed by atoms with E-state index >= 15 is 0 Å². The van der Waals surface area contributed by atoms with Crippen LogP contribution in [-0.2, 0) is 11.3 Å². The molecule has 1 aliphatic heterocycles. The van der Waals surface area contributed by atoms with E-state index in [1.165, 1.54) is 5.56 Å². The highest BCUT2D eigenvalue weighted by Crippen LogP contribution is 2.29. The molecule has 1 aromatic rings. The molecule has 134 valence electrons. The molecule has 24 heavy (non-hydrogen) atoms. The van der Waals surface area contributed by atoms with E-state index in [1.54, 1.807) is 0 Å². The van der Waals surface area contributed by atoms with Gasteiger partial charge in [-0.25, -0.2) is 4.79 Å². The topological polar surface area (TPSA) is 41.6 Å². The number of alkyl carbamates (subject to hydrolysis) is 1. The van der Waals surface area contributed by atoms with Gasteiger partial charge in [0.1, 0.15) is 5.60 Å². The number of benzene rings is 1. The molecule has 4 unspecified atom stereocenters. The average Bonchev–Trinajstić information content (AvgIpc) is 2.48. The monoisotopic (exact) mass is 332 g/mol. The summed E-state index contributed by atoms with van der Waals surface area (Å²) in [6.07, 6.45) is -0.310. The highest BCUT2D eigenvalue weighted by Gasteiger charge is 2.38. The van der Waals surface area contributed by atoms with Crippen molar-refractivity contribution in [3.8, 4) is 0 Å². The van der Waals surface area contributed by atoms with Gasteiger partial charge in [-0.1, -0.05) is 44.2 Å². The molecule has 0 bridgehead atoms. The molecular formula is C20H32N2O2. The normalized spacial score (nSPS) is 28.4. The fourth-order valence-electron chi connectivity index (χ4n) is 3.54. The number of carbonyl (C=O) groups excluding carboxylic acids is 1. The van der Waals surface area contributed by atoms with E-state index in [0.29, 0.717) is 17.9 Å². The summed E-state index contributed by atoms with van der Waals surface area (Å²) in [4.78, 5) is 14.7. The van der Waals surface area contributed by atoms with Gasteiger partial charge in [-0.3, -0.25) is 4.90 Å². The van der Waals surface area contributed by atoms with E-state index in [4.69, 9.17) is 4.74 Å². The van der Waals surface area contributed by atoms with Gasteiger partial charge in [0.2, 0.25) is 0 Å². The third-order valence-corrected chi connectivity index (χ3v) is 4.95. The minimum atomic E-state index is -0.462. The Morgan fingerprint density at radius 1 is 1.21 bits per heavy atom. The lowest BCUT2D eigenvalue weighted by Crippen LogP contribution is -2.58. The number of amides is 1. The Kier molecular flexibility index (Phi) is 5.92. The Morgan fingerprint density at radius 3 is 2.42 bits per heavy atom. The van der Waals surface area contributed by atoms with Crippen molar-refractivity contribution < 1.29 is 9.53 Å². The van der Waals surface area contributed by atoms with E-state index in [1.807, 2.05) is 20.8 Å². The van der Waals surface area contributed by atoms with E-state index in [0.717, 1.165) is 13.1 Å². The fourth-order valence-corrected chi connectivity index (χ4v) is 3.54. The van der Waals surface area contributed by atoms with Crippen molar-refractivity contribution in [2.45, 2.75) is 65.8 Å². The summed E-state index contributed by atoms with van der Waals surface area (Å²) in [5.74, 6) is 0.748. The molecule has 4 heteroatoms. The van der Waals surface area contributed by atoms with Gasteiger partial charge in [0.25, 0.3) is 0 Å². The molecule has 1 amide bonds. The standard InChI is InChI=1S/C20H32N2O2/c1-14-12-22(13-17-10-8-7-9-11-17)16(3)15(2)18(14)21-19(23)24-20(4,5)6/h7-11,14-16,18H,12-13H2,1-6H3,(H,21,23). The number of piperidine rings is 1. The van der Waals surface area contributed by atoms with Crippen LogP contribution in [0.2, 0.25) is 0 Å². The number of likely N-dealkylation sites (tertiary alicyclic amines) is 1. The van der Waals surface area contributed by atoms with E-state index in [-0.39, 0.29) is 12.1 Å². The zero-order valence-corrected chi connectivity index (χ0v) is 15.9. The van der Waals surface area contributed by atoms with Gasteiger partial charge < -0.3 is 10.1 Å². The van der Waals surface area contributed by atoms with Gasteiger partial charge in [-0.15, -0.1) is 0 Å². The Bertz CT molecular complexity index is 538. The van der Waals surface area contributed by atoms with E-state index in [9.17, 15) is 4.79 Å². The van der Waals surface area contributed by atoms with Gasteiger partial charge in [-0.05, 0) is 45.1 Å². The molecule has 0 aromatic heterocycles. The first-order chi connectivity index (χ1) is 11.2. The molecule has 1 N–H and O–H groups in total. The van der Waals surface area contributed by atoms with Crippen LogP contribution in [0.3, 0.4) is 0 Å². The van der Waals surface area contributed by atoms with Crippen LogP contribution in [0.25, 0.3) is 0 Å². The van der Waals surface area contributed by atoms with Crippen LogP contribution >= 0.6 is 0 Å². The average molecular weight is 332 g/mol. The Hall–Kier alpha value is -1.55. The second-order valence-electron chi connectivity index (χ2n) is 8.16. The van der Waals surface area contributed by atoms with Gasteiger partial charge >= 0.3 is 6.09 Å². The molecule has 2 rings (SSSR count). The molecule has 0 saturated carbocycles. The van der Waals surface area contributed by atoms with Crippen LogP contribution in [0.5, 0.6) is 0 Å². The van der Waals surface area contributed by atoms with Crippen LogP contribution < -0.4 is 5.32 Å². The lowest BCUT2D eigenvalue weighted by molar-refractivity contribution is 0.0202. The van der Waals surface area contributed by atoms with Crippen LogP contribution in [0.1, 0.15) is 47.1 Å². The van der Waals surface area contributed by atoms with Crippen LogP contribution in [-0.4, -0.2) is 35.2 Å². The highest BCUT2D eigenvalue weighted by atomic mass is 16.6. The SMILES string of the molecule is CC1CN(Cc2ccccc2)C(C)C(C)C1NC(=O)OC(C)(C)C. The number of nitrogens with zero attached hydrogens (tertiary/aromatic N) is 1. The molecular weight excluding hydrogens is 300 g/mol. The first kappa shape index (κ1) is 18.8. The molecule has 1 aliphatic rings. The summed E-state index contributed by atoms with van der Waals surface area (Å²) in [5, 5.41) is 3.10. The number of ether oxygens (including phenoxy) is 1. The molecule has 1 heterocycles. The molecule has 1 saturated heterocycles. The summed E-state index contributed by atoms with van der Waals surface area (Å²) in [5.41, 5.74) is 0.873. The zero-order valence-electron chi connectivity index (χ0n) is 15.9. The van der Waals surface area contributed by atoms with E-state index in [2.05, 4.69) is 61.3 Å². The first-order valence-electron chi connectivity index (χ1n) is 8.95. The third-order valence-electron chi connectivity index (χ3n) is 4.95. The van der Waals surface area contributed by atoms with Gasteiger partial charge in [0.15, 0.2) is 0 Å². The fraction of sp³-hybridized carbons (Fsp3) is 0.650. The minimum Gasteiger partial charge on any atom is -0.444 e. The van der Waals surface area contributed by atoms with Crippen molar-refractivity contribution in [2.24, 2.45) is 11.8 Å². The Balaban J connectivity index is 1.99. The molecule has 4 nitrogen and oxygen atoms in total. The maximum Gasteiger partial charge on any atom is 0.407 e. The first-order valence-corrected chi connectivity index (χ1v) is 8.95. The lowest BCUT2D eigenvalue weighted by atomic mass is 9.80. The Labute approximate surface area is 146 Å². The van der Waals surface area contributed by atoms with Crippen LogP contribution in [0.15, 0.2) is 30.3 Å². The van der Waals surface area contributed by atoms with Crippen molar-refractivity contribution in [2.75, 3.05) is 6.54 Å². The van der Waals surface area contributed by atoms with Crippen LogP contribution in [0, 0.1) is 11.8 Å². The van der Waals surface area contributed by atoms with Gasteiger partial charge in [0.05, 0.1) is 0 Å². The molecule has 1 aromatic carbocycles. The van der Waals surface area contributed by atoms with Gasteiger partial charge in [0, 0.05) is 25.2 Å². The smallest absolute Gasteiger partial charge is 0.407 e. The molecule has 0 aliphatic carbocycles. The summed E-state index contributed by atoms with van der Waals surface area (Å²) in [6, 6.07) is 11.1. The number of rotatable bonds is 3. The number of carbonyl (C=O) groups is 1. The number of hydrogen-bond acceptors (Lipinski definition) is 3. The molecule has 1 fully saturated rings. The van der Waals surface area contributed by atoms with Crippen molar-refractivity contribution in [1.82, 2.24) is 10.2 Å². The summed E-state index contributed by atoms with van der Waals surface area (Å²) in [7, 11) is 0. The van der Waals surface area contributed by atoms with Crippen molar-refractivity contribution in [3.05, 3.63) is 35.9 Å². The second-order valence-corrected chi connectivity index (χ2v) is 8.16. The number of hydrogen-bond donors (Lipinski definition) is 1. The third kappa shape index (κ3) is 4.97. The summed E-state index contributed by atoms with van der Waals surface area (Å²) >= 11 is 0. The maximum atomic E-state index is 12.2. The molecule has 4 atom stereocenters. The van der Waals surface area contributed by atoms with Crippen molar-refractivity contribution >= 4 is 6.09 Å². The lowest BCUT2D eigenvalue weighted by Gasteiger charge is -2.46.